The van der Waals surface area contributed by atoms with Gasteiger partial charge in [0.1, 0.15) is 29.1 Å². The highest BCUT2D eigenvalue weighted by molar-refractivity contribution is 6.29. The van der Waals surface area contributed by atoms with Gasteiger partial charge in [-0.15, -0.1) is 0 Å². The van der Waals surface area contributed by atoms with Gasteiger partial charge in [-0.05, 0) is 24.6 Å². The van der Waals surface area contributed by atoms with E-state index in [-0.39, 0.29) is 6.61 Å². The van der Waals surface area contributed by atoms with Gasteiger partial charge in [0, 0.05) is 11.6 Å². The van der Waals surface area contributed by atoms with Crippen molar-refractivity contribution in [3.63, 3.8) is 0 Å². The molecule has 3 N–H and O–H groups in total. The number of fused-ring (bicyclic) bond motifs is 1. The highest BCUT2D eigenvalue weighted by atomic mass is 35.5. The molecule has 4 atom stereocenters. The summed E-state index contributed by atoms with van der Waals surface area (Å²) in [5.74, 6) is 0. The summed E-state index contributed by atoms with van der Waals surface area (Å²) in [6.45, 7) is 1.86. The summed E-state index contributed by atoms with van der Waals surface area (Å²) < 4.78 is 7.04. The maximum absolute atomic E-state index is 10.1. The van der Waals surface area contributed by atoms with Gasteiger partial charge in [-0.3, -0.25) is 0 Å². The number of nitrogens with zero attached hydrogens (tertiary/aromatic N) is 2. The van der Waals surface area contributed by atoms with E-state index in [9.17, 15) is 15.3 Å². The van der Waals surface area contributed by atoms with E-state index < -0.39 is 24.5 Å². The zero-order valence-electron chi connectivity index (χ0n) is 10.8. The maximum atomic E-state index is 10.1. The maximum Gasteiger partial charge on any atom is 0.164 e. The molecule has 0 amide bonds. The number of aryl methyl sites for hydroxylation is 1. The molecule has 2 aromatic heterocycles. The SMILES string of the molecule is Cc1cc(Cl)nc2c1ccn2[C@@H]1OC[C@H](O)[C@H](O)[C@H]1O. The number of hydrogen-bond acceptors (Lipinski definition) is 5. The highest BCUT2D eigenvalue weighted by Gasteiger charge is 2.39. The van der Waals surface area contributed by atoms with Crippen LogP contribution >= 0.6 is 11.6 Å². The molecule has 3 rings (SSSR count). The Morgan fingerprint density at radius 2 is 2.10 bits per heavy atom. The monoisotopic (exact) mass is 298 g/mol. The molecule has 1 aliphatic heterocycles. The summed E-state index contributed by atoms with van der Waals surface area (Å²) in [6, 6.07) is 3.60. The number of aliphatic hydroxyl groups excluding tert-OH is 3. The van der Waals surface area contributed by atoms with E-state index in [0.717, 1.165) is 10.9 Å². The summed E-state index contributed by atoms with van der Waals surface area (Å²) in [5.41, 5.74) is 1.53. The van der Waals surface area contributed by atoms with Gasteiger partial charge in [-0.1, -0.05) is 11.6 Å². The van der Waals surface area contributed by atoms with Crippen LogP contribution in [-0.4, -0.2) is 49.8 Å². The van der Waals surface area contributed by atoms with E-state index in [2.05, 4.69) is 4.98 Å². The third-order valence-electron chi connectivity index (χ3n) is 3.61. The molecule has 6 nitrogen and oxygen atoms in total. The van der Waals surface area contributed by atoms with Crippen LogP contribution < -0.4 is 0 Å². The first-order valence-electron chi connectivity index (χ1n) is 6.28. The number of ether oxygens (including phenoxy) is 1. The lowest BCUT2D eigenvalue weighted by atomic mass is 10.0. The lowest BCUT2D eigenvalue weighted by Crippen LogP contribution is -2.50. The van der Waals surface area contributed by atoms with E-state index >= 15 is 0 Å². The van der Waals surface area contributed by atoms with Crippen molar-refractivity contribution in [3.8, 4) is 0 Å². The molecule has 0 bridgehead atoms. The summed E-state index contributed by atoms with van der Waals surface area (Å²) in [4.78, 5) is 4.24. The minimum absolute atomic E-state index is 0.0535. The van der Waals surface area contributed by atoms with Crippen molar-refractivity contribution in [2.75, 3.05) is 6.61 Å². The Morgan fingerprint density at radius 3 is 2.85 bits per heavy atom. The fourth-order valence-electron chi connectivity index (χ4n) is 2.50. The summed E-state index contributed by atoms with van der Waals surface area (Å²) in [7, 11) is 0. The zero-order valence-corrected chi connectivity index (χ0v) is 11.5. The smallest absolute Gasteiger partial charge is 0.164 e. The second-order valence-electron chi connectivity index (χ2n) is 4.99. The molecule has 108 valence electrons. The molecule has 0 saturated carbocycles. The molecule has 1 saturated heterocycles. The Bertz CT molecular complexity index is 645. The highest BCUT2D eigenvalue weighted by Crippen LogP contribution is 2.29. The third kappa shape index (κ3) is 2.10. The molecule has 20 heavy (non-hydrogen) atoms. The molecule has 1 fully saturated rings. The number of pyridine rings is 1. The second kappa shape index (κ2) is 4.98. The molecule has 0 aromatic carbocycles. The van der Waals surface area contributed by atoms with Gasteiger partial charge in [-0.2, -0.15) is 0 Å². The molecule has 0 radical (unpaired) electrons. The Labute approximate surface area is 120 Å². The van der Waals surface area contributed by atoms with Crippen molar-refractivity contribution in [1.82, 2.24) is 9.55 Å². The number of aromatic nitrogens is 2. The first kappa shape index (κ1) is 13.8. The molecule has 3 heterocycles. The first-order valence-corrected chi connectivity index (χ1v) is 6.66. The van der Waals surface area contributed by atoms with Crippen LogP contribution in [0.2, 0.25) is 5.15 Å². The second-order valence-corrected chi connectivity index (χ2v) is 5.38. The summed E-state index contributed by atoms with van der Waals surface area (Å²) in [6.07, 6.45) is -2.68. The molecule has 1 aliphatic rings. The minimum atomic E-state index is -1.26. The standard InChI is InChI=1S/C13H15ClN2O4/c1-6-4-9(14)15-12-7(6)2-3-16(12)13-11(19)10(18)8(17)5-20-13/h2-4,8,10-11,13,17-19H,5H2,1H3/t8-,10-,11+,13+/m0/s1. The Balaban J connectivity index is 2.06. The summed E-state index contributed by atoms with van der Waals surface area (Å²) in [5, 5.41) is 30.5. The van der Waals surface area contributed by atoms with Gasteiger partial charge in [-0.25, -0.2) is 4.98 Å². The van der Waals surface area contributed by atoms with E-state index in [1.54, 1.807) is 16.8 Å². The molecular formula is C13H15ClN2O4. The van der Waals surface area contributed by atoms with Crippen LogP contribution in [-0.2, 0) is 4.74 Å². The fourth-order valence-corrected chi connectivity index (χ4v) is 2.74. The van der Waals surface area contributed by atoms with Crippen LogP contribution in [0.25, 0.3) is 11.0 Å². The molecule has 2 aromatic rings. The van der Waals surface area contributed by atoms with Crippen molar-refractivity contribution in [2.45, 2.75) is 31.5 Å². The number of aliphatic hydroxyl groups is 3. The van der Waals surface area contributed by atoms with E-state index in [0.29, 0.717) is 10.8 Å². The van der Waals surface area contributed by atoms with Gasteiger partial charge in [0.2, 0.25) is 0 Å². The first-order chi connectivity index (χ1) is 9.49. The van der Waals surface area contributed by atoms with Crippen LogP contribution in [0.15, 0.2) is 18.3 Å². The minimum Gasteiger partial charge on any atom is -0.388 e. The van der Waals surface area contributed by atoms with Gasteiger partial charge >= 0.3 is 0 Å². The normalized spacial score (nSPS) is 30.9. The zero-order chi connectivity index (χ0) is 14.4. The van der Waals surface area contributed by atoms with Crippen LogP contribution in [0.3, 0.4) is 0 Å². The number of halogens is 1. The largest absolute Gasteiger partial charge is 0.388 e. The lowest BCUT2D eigenvalue weighted by molar-refractivity contribution is -0.209. The van der Waals surface area contributed by atoms with E-state index in [4.69, 9.17) is 16.3 Å². The lowest BCUT2D eigenvalue weighted by Gasteiger charge is -2.36. The number of hydrogen-bond donors (Lipinski definition) is 3. The van der Waals surface area contributed by atoms with Crippen LogP contribution in [0.4, 0.5) is 0 Å². The van der Waals surface area contributed by atoms with Crippen molar-refractivity contribution < 1.29 is 20.1 Å². The predicted octanol–water partition coefficient (Wildman–Crippen LogP) is 0.610. The average Bonchev–Trinajstić information content (AvgIpc) is 2.80. The molecule has 0 unspecified atom stereocenters. The van der Waals surface area contributed by atoms with Crippen molar-refractivity contribution in [2.24, 2.45) is 0 Å². The molecule has 0 spiro atoms. The Hall–Kier alpha value is -1.18. The van der Waals surface area contributed by atoms with Gasteiger partial charge in [0.15, 0.2) is 6.23 Å². The Morgan fingerprint density at radius 1 is 1.35 bits per heavy atom. The van der Waals surface area contributed by atoms with E-state index in [1.807, 2.05) is 13.0 Å². The molecule has 0 aliphatic carbocycles. The van der Waals surface area contributed by atoms with Gasteiger partial charge in [0.05, 0.1) is 6.61 Å². The summed E-state index contributed by atoms with van der Waals surface area (Å²) >= 11 is 5.96. The fraction of sp³-hybridized carbons (Fsp3) is 0.462. The Kier molecular flexibility index (Phi) is 3.43. The van der Waals surface area contributed by atoms with Crippen molar-refractivity contribution in [1.29, 1.82) is 0 Å². The van der Waals surface area contributed by atoms with Gasteiger partial charge < -0.3 is 24.6 Å². The van der Waals surface area contributed by atoms with Crippen LogP contribution in [0, 0.1) is 6.92 Å². The topological polar surface area (TPSA) is 87.7 Å². The predicted molar refractivity (Wildman–Crippen MR) is 72.5 cm³/mol. The van der Waals surface area contributed by atoms with E-state index in [1.165, 1.54) is 0 Å². The van der Waals surface area contributed by atoms with Crippen LogP contribution in [0.1, 0.15) is 11.8 Å². The van der Waals surface area contributed by atoms with Crippen molar-refractivity contribution in [3.05, 3.63) is 29.0 Å². The third-order valence-corrected chi connectivity index (χ3v) is 3.80. The van der Waals surface area contributed by atoms with Gasteiger partial charge in [0.25, 0.3) is 0 Å². The quantitative estimate of drug-likeness (QED) is 0.672. The molecular weight excluding hydrogens is 284 g/mol. The average molecular weight is 299 g/mol. The van der Waals surface area contributed by atoms with Crippen molar-refractivity contribution >= 4 is 22.6 Å². The number of rotatable bonds is 1. The van der Waals surface area contributed by atoms with Crippen LogP contribution in [0.5, 0.6) is 0 Å². The molecule has 7 heteroatoms.